The Morgan fingerprint density at radius 1 is 0.917 bits per heavy atom. The van der Waals surface area contributed by atoms with Crippen molar-refractivity contribution in [3.63, 3.8) is 0 Å². The number of hydrogen-bond donors (Lipinski definition) is 2. The molecule has 234 valence electrons. The number of nitriles is 1. The van der Waals surface area contributed by atoms with Gasteiger partial charge in [-0.05, 0) is 78.8 Å². The highest BCUT2D eigenvalue weighted by Gasteiger charge is 2.46. The standard InChI is InChI=1S/C38H25F2N5O2S/c1-20-14-21(2)33(22(3)15-20)24-12-13-32-28(16-24)38(39,40)29-18-25(17-27-35(46)43-34(44-36(27)47)30(19-41)42-4)48-37(29)45(32)31-11-7-9-23-8-5-6-10-26(23)31/h5-18H,1-3H3,(H,43,46)(H,44,47). The number of H-pyrrole nitrogens is 2. The van der Waals surface area contributed by atoms with E-state index in [-0.39, 0.29) is 31.7 Å². The van der Waals surface area contributed by atoms with Crippen molar-refractivity contribution in [3.8, 4) is 17.2 Å². The first kappa shape index (κ1) is 30.5. The first-order valence-electron chi connectivity index (χ1n) is 14.9. The number of aryl methyl sites for hydroxylation is 3. The smallest absolute Gasteiger partial charge is 0.303 e. The van der Waals surface area contributed by atoms with E-state index in [9.17, 15) is 9.59 Å². The van der Waals surface area contributed by atoms with Crippen LogP contribution in [-0.4, -0.2) is 9.97 Å². The predicted octanol–water partition coefficient (Wildman–Crippen LogP) is 7.17. The molecule has 48 heavy (non-hydrogen) atoms. The minimum absolute atomic E-state index is 0.164. The molecule has 2 aromatic heterocycles. The van der Waals surface area contributed by atoms with E-state index < -0.39 is 22.7 Å². The predicted molar refractivity (Wildman–Crippen MR) is 185 cm³/mol. The van der Waals surface area contributed by atoms with Gasteiger partial charge >= 0.3 is 11.6 Å². The van der Waals surface area contributed by atoms with Gasteiger partial charge in [-0.1, -0.05) is 60.2 Å². The van der Waals surface area contributed by atoms with E-state index in [1.54, 1.807) is 18.2 Å². The van der Waals surface area contributed by atoms with Gasteiger partial charge in [0, 0.05) is 10.3 Å². The van der Waals surface area contributed by atoms with Gasteiger partial charge in [0.2, 0.25) is 0 Å². The topological polar surface area (TPSA) is 97.1 Å². The number of rotatable bonds is 3. The van der Waals surface area contributed by atoms with Crippen LogP contribution in [-0.2, 0) is 5.92 Å². The third-order valence-corrected chi connectivity index (χ3v) is 9.60. The first-order valence-corrected chi connectivity index (χ1v) is 15.7. The Morgan fingerprint density at radius 2 is 1.60 bits per heavy atom. The average Bonchev–Trinajstić information content (AvgIpc) is 3.48. The van der Waals surface area contributed by atoms with Crippen molar-refractivity contribution in [2.45, 2.75) is 26.7 Å². The normalized spacial score (nSPS) is 12.9. The molecule has 0 saturated carbocycles. The van der Waals surface area contributed by atoms with Crippen LogP contribution in [0.3, 0.4) is 0 Å². The number of aromatic nitrogens is 2. The molecule has 10 heteroatoms. The number of alkyl halides is 2. The van der Waals surface area contributed by atoms with E-state index >= 15 is 8.78 Å². The van der Waals surface area contributed by atoms with E-state index in [4.69, 9.17) is 11.8 Å². The third-order valence-electron chi connectivity index (χ3n) is 8.53. The molecule has 0 aliphatic carbocycles. The lowest BCUT2D eigenvalue weighted by Crippen LogP contribution is -2.48. The summed E-state index contributed by atoms with van der Waals surface area (Å²) in [7, 11) is 0. The van der Waals surface area contributed by atoms with Crippen LogP contribution in [0.1, 0.15) is 32.7 Å². The molecule has 1 aliphatic rings. The van der Waals surface area contributed by atoms with Crippen molar-refractivity contribution in [1.29, 1.82) is 5.26 Å². The van der Waals surface area contributed by atoms with Gasteiger partial charge in [-0.3, -0.25) is 9.59 Å². The van der Waals surface area contributed by atoms with Crippen LogP contribution in [0.5, 0.6) is 0 Å². The number of fused-ring (bicyclic) bond motifs is 3. The highest BCUT2D eigenvalue weighted by Crippen LogP contribution is 2.58. The number of thiophene rings is 1. The molecule has 0 unspecified atom stereocenters. The number of aromatic amines is 2. The SMILES string of the molecule is [C-]#[N+]C(C#N)=c1[nH]c(=O)c(=Cc2cc3c(s2)N(c2cccc4ccccc24)c2ccc(-c4c(C)cc(C)cc4C)cc2C3(F)F)c(=O)[nH]1. The average molecular weight is 654 g/mol. The third kappa shape index (κ3) is 4.82. The summed E-state index contributed by atoms with van der Waals surface area (Å²) >= 11 is 1.03. The second kappa shape index (κ2) is 11.3. The maximum atomic E-state index is 16.9. The molecule has 1 aliphatic heterocycles. The number of halogens is 2. The number of benzene rings is 4. The lowest BCUT2D eigenvalue weighted by Gasteiger charge is -2.36. The summed E-state index contributed by atoms with van der Waals surface area (Å²) in [6.07, 6.45) is 1.25. The van der Waals surface area contributed by atoms with Crippen LogP contribution in [0.4, 0.5) is 25.2 Å². The van der Waals surface area contributed by atoms with Crippen molar-refractivity contribution in [1.82, 2.24) is 9.97 Å². The Balaban J connectivity index is 1.50. The molecule has 7 nitrogen and oxygen atoms in total. The lowest BCUT2D eigenvalue weighted by atomic mass is 9.88. The van der Waals surface area contributed by atoms with E-state index in [1.165, 1.54) is 12.1 Å². The minimum atomic E-state index is -3.42. The molecule has 0 atom stereocenters. The zero-order valence-corrected chi connectivity index (χ0v) is 26.7. The molecular formula is C38H25F2N5O2S. The van der Waals surface area contributed by atoms with E-state index in [0.29, 0.717) is 16.9 Å². The Hall–Kier alpha value is -6.10. The van der Waals surface area contributed by atoms with E-state index in [0.717, 1.165) is 44.4 Å². The van der Waals surface area contributed by atoms with Crippen LogP contribution in [0.25, 0.3) is 38.5 Å². The molecule has 2 N–H and O–H groups in total. The van der Waals surface area contributed by atoms with Crippen molar-refractivity contribution >= 4 is 50.3 Å². The largest absolute Gasteiger partial charge is 0.316 e. The molecule has 0 radical (unpaired) electrons. The van der Waals surface area contributed by atoms with Gasteiger partial charge in [0.05, 0.1) is 35.1 Å². The maximum absolute atomic E-state index is 16.9. The molecule has 4 aromatic carbocycles. The summed E-state index contributed by atoms with van der Waals surface area (Å²) in [4.78, 5) is 35.7. The summed E-state index contributed by atoms with van der Waals surface area (Å²) in [5, 5.41) is 10.9. The molecule has 0 saturated heterocycles. The first-order chi connectivity index (χ1) is 23.0. The Kier molecular flexibility index (Phi) is 7.19. The second-order valence-electron chi connectivity index (χ2n) is 11.7. The lowest BCUT2D eigenvalue weighted by molar-refractivity contribution is 0.0430. The quantitative estimate of drug-likeness (QED) is 0.198. The van der Waals surface area contributed by atoms with E-state index in [2.05, 4.69) is 14.8 Å². The Bertz CT molecular complexity index is 2590. The van der Waals surface area contributed by atoms with Crippen LogP contribution < -0.4 is 26.7 Å². The number of anilines is 3. The molecule has 3 heterocycles. The van der Waals surface area contributed by atoms with Gasteiger partial charge in [-0.2, -0.15) is 8.78 Å². The van der Waals surface area contributed by atoms with Crippen molar-refractivity contribution < 1.29 is 8.78 Å². The van der Waals surface area contributed by atoms with Gasteiger partial charge in [0.1, 0.15) is 15.7 Å². The number of nitrogens with one attached hydrogen (secondary N) is 2. The Morgan fingerprint density at radius 3 is 2.29 bits per heavy atom. The summed E-state index contributed by atoms with van der Waals surface area (Å²) < 4.78 is 33.7. The molecule has 6 aromatic rings. The maximum Gasteiger partial charge on any atom is 0.303 e. The fourth-order valence-corrected chi connectivity index (χ4v) is 7.72. The summed E-state index contributed by atoms with van der Waals surface area (Å²) in [6.45, 7) is 13.1. The summed E-state index contributed by atoms with van der Waals surface area (Å²) in [6, 6.07) is 25.7. The van der Waals surface area contributed by atoms with Crippen molar-refractivity contribution in [2.75, 3.05) is 4.90 Å². The highest BCUT2D eigenvalue weighted by atomic mass is 32.1. The molecule has 7 rings (SSSR count). The monoisotopic (exact) mass is 653 g/mol. The highest BCUT2D eigenvalue weighted by molar-refractivity contribution is 7.17. The zero-order chi connectivity index (χ0) is 33.9. The van der Waals surface area contributed by atoms with Gasteiger partial charge in [-0.25, -0.2) is 10.1 Å². The molecule has 0 fully saturated rings. The fraction of sp³-hybridized carbons (Fsp3) is 0.105. The van der Waals surface area contributed by atoms with E-state index in [1.807, 2.05) is 86.3 Å². The van der Waals surface area contributed by atoms with Crippen molar-refractivity contribution in [2.24, 2.45) is 0 Å². The molecular weight excluding hydrogens is 629 g/mol. The summed E-state index contributed by atoms with van der Waals surface area (Å²) in [5.74, 6) is -3.42. The van der Waals surface area contributed by atoms with Gasteiger partial charge < -0.3 is 14.9 Å². The van der Waals surface area contributed by atoms with Gasteiger partial charge in [0.25, 0.3) is 11.1 Å². The molecule has 0 spiro atoms. The van der Waals surface area contributed by atoms with Crippen molar-refractivity contribution in [3.05, 3.63) is 154 Å². The molecule has 0 amide bonds. The van der Waals surface area contributed by atoms with Crippen LogP contribution in [0, 0.1) is 38.7 Å². The Labute approximate surface area is 276 Å². The summed E-state index contributed by atoms with van der Waals surface area (Å²) in [5.41, 5.74) is 2.74. The number of nitrogens with zero attached hydrogens (tertiary/aromatic N) is 3. The minimum Gasteiger partial charge on any atom is -0.316 e. The van der Waals surface area contributed by atoms with Crippen LogP contribution >= 0.6 is 11.3 Å². The number of hydrogen-bond acceptors (Lipinski definition) is 5. The van der Waals surface area contributed by atoms with Gasteiger partial charge in [-0.15, -0.1) is 11.3 Å². The van der Waals surface area contributed by atoms with Crippen LogP contribution in [0.2, 0.25) is 0 Å². The van der Waals surface area contributed by atoms with Gasteiger partial charge in [0.15, 0.2) is 0 Å². The molecule has 0 bridgehead atoms. The van der Waals surface area contributed by atoms with Crippen LogP contribution in [0.15, 0.2) is 88.5 Å². The second-order valence-corrected chi connectivity index (χ2v) is 12.8. The fourth-order valence-electron chi connectivity index (χ4n) is 6.56. The zero-order valence-electron chi connectivity index (χ0n) is 25.9.